The molecule has 0 spiro atoms. The van der Waals surface area contributed by atoms with Crippen molar-refractivity contribution in [3.05, 3.63) is 47.9 Å². The van der Waals surface area contributed by atoms with E-state index >= 15 is 0 Å². The van der Waals surface area contributed by atoms with Crippen LogP contribution in [0, 0.1) is 0 Å². The molecular formula is C14H10ClN3O. The second-order valence-electron chi connectivity index (χ2n) is 3.96. The number of aromatic nitrogens is 3. The Labute approximate surface area is 115 Å². The first-order valence-electron chi connectivity index (χ1n) is 5.69. The molecule has 1 aromatic carbocycles. The standard InChI is InChI=1S/C14H10ClN3O/c1-19-10-4-2-3-9(7-10)14-17-12-5-6-16-8-11(12)13(15)18-14/h2-8H,1H3. The van der Waals surface area contributed by atoms with Crippen molar-refractivity contribution in [2.24, 2.45) is 0 Å². The number of ether oxygens (including phenoxy) is 1. The Balaban J connectivity index is 2.19. The monoisotopic (exact) mass is 271 g/mol. The fourth-order valence-corrected chi connectivity index (χ4v) is 2.05. The molecule has 0 aliphatic rings. The van der Waals surface area contributed by atoms with Gasteiger partial charge in [0.15, 0.2) is 5.82 Å². The average Bonchev–Trinajstić information content (AvgIpc) is 2.47. The minimum atomic E-state index is 0.399. The van der Waals surface area contributed by atoms with Gasteiger partial charge in [0.2, 0.25) is 0 Å². The van der Waals surface area contributed by atoms with Gasteiger partial charge in [-0.1, -0.05) is 23.7 Å². The summed E-state index contributed by atoms with van der Waals surface area (Å²) >= 11 is 6.16. The summed E-state index contributed by atoms with van der Waals surface area (Å²) in [5.74, 6) is 1.33. The van der Waals surface area contributed by atoms with Gasteiger partial charge in [-0.05, 0) is 18.2 Å². The second-order valence-corrected chi connectivity index (χ2v) is 4.32. The van der Waals surface area contributed by atoms with Gasteiger partial charge in [-0.3, -0.25) is 4.98 Å². The summed E-state index contributed by atoms with van der Waals surface area (Å²) in [5.41, 5.74) is 1.63. The molecular weight excluding hydrogens is 262 g/mol. The molecule has 0 radical (unpaired) electrons. The summed E-state index contributed by atoms with van der Waals surface area (Å²) < 4.78 is 5.20. The molecule has 0 amide bonds. The van der Waals surface area contributed by atoms with Gasteiger partial charge < -0.3 is 4.74 Å². The van der Waals surface area contributed by atoms with Crippen molar-refractivity contribution in [3.8, 4) is 17.1 Å². The Hall–Kier alpha value is -2.20. The van der Waals surface area contributed by atoms with Crippen LogP contribution in [0.25, 0.3) is 22.3 Å². The number of nitrogens with zero attached hydrogens (tertiary/aromatic N) is 3. The van der Waals surface area contributed by atoms with Crippen LogP contribution in [0.5, 0.6) is 5.75 Å². The molecule has 2 aromatic heterocycles. The Morgan fingerprint density at radius 3 is 2.89 bits per heavy atom. The zero-order chi connectivity index (χ0) is 13.2. The van der Waals surface area contributed by atoms with E-state index in [1.807, 2.05) is 30.3 Å². The van der Waals surface area contributed by atoms with E-state index in [-0.39, 0.29) is 0 Å². The van der Waals surface area contributed by atoms with E-state index in [0.717, 1.165) is 22.2 Å². The van der Waals surface area contributed by atoms with Gasteiger partial charge in [0.25, 0.3) is 0 Å². The van der Waals surface area contributed by atoms with Crippen molar-refractivity contribution >= 4 is 22.5 Å². The number of methoxy groups -OCH3 is 1. The predicted octanol–water partition coefficient (Wildman–Crippen LogP) is 3.35. The highest BCUT2D eigenvalue weighted by atomic mass is 35.5. The summed E-state index contributed by atoms with van der Waals surface area (Å²) in [4.78, 5) is 12.8. The first-order chi connectivity index (χ1) is 9.28. The lowest BCUT2D eigenvalue weighted by Crippen LogP contribution is -1.93. The van der Waals surface area contributed by atoms with Crippen molar-refractivity contribution < 1.29 is 4.74 Å². The van der Waals surface area contributed by atoms with E-state index in [1.54, 1.807) is 19.5 Å². The molecule has 3 rings (SSSR count). The van der Waals surface area contributed by atoms with Gasteiger partial charge in [0, 0.05) is 18.0 Å². The number of halogens is 1. The van der Waals surface area contributed by atoms with Crippen LogP contribution in [0.4, 0.5) is 0 Å². The first-order valence-corrected chi connectivity index (χ1v) is 6.07. The lowest BCUT2D eigenvalue weighted by molar-refractivity contribution is 0.415. The maximum atomic E-state index is 6.16. The van der Waals surface area contributed by atoms with E-state index in [9.17, 15) is 0 Å². The maximum Gasteiger partial charge on any atom is 0.161 e. The van der Waals surface area contributed by atoms with Crippen LogP contribution in [0.2, 0.25) is 5.15 Å². The lowest BCUT2D eigenvalue weighted by atomic mass is 10.2. The first kappa shape index (κ1) is 11.9. The van der Waals surface area contributed by atoms with Crippen LogP contribution >= 0.6 is 11.6 Å². The number of rotatable bonds is 2. The summed E-state index contributed by atoms with van der Waals surface area (Å²) in [6.07, 6.45) is 3.34. The molecule has 0 unspecified atom stereocenters. The summed E-state index contributed by atoms with van der Waals surface area (Å²) in [6, 6.07) is 9.37. The highest BCUT2D eigenvalue weighted by Gasteiger charge is 2.08. The van der Waals surface area contributed by atoms with Gasteiger partial charge in [-0.15, -0.1) is 0 Å². The Bertz CT molecular complexity index is 746. The van der Waals surface area contributed by atoms with Crippen molar-refractivity contribution in [2.75, 3.05) is 7.11 Å². The molecule has 0 aliphatic heterocycles. The average molecular weight is 272 g/mol. The van der Waals surface area contributed by atoms with Gasteiger partial charge in [0.05, 0.1) is 18.0 Å². The third kappa shape index (κ3) is 2.22. The Morgan fingerprint density at radius 1 is 1.16 bits per heavy atom. The van der Waals surface area contributed by atoms with Crippen LogP contribution < -0.4 is 4.74 Å². The minimum absolute atomic E-state index is 0.399. The van der Waals surface area contributed by atoms with Gasteiger partial charge in [0.1, 0.15) is 10.9 Å². The van der Waals surface area contributed by atoms with Crippen LogP contribution in [0.15, 0.2) is 42.7 Å². The fourth-order valence-electron chi connectivity index (χ4n) is 1.83. The summed E-state index contributed by atoms with van der Waals surface area (Å²) in [7, 11) is 1.62. The third-order valence-corrected chi connectivity index (χ3v) is 3.07. The van der Waals surface area contributed by atoms with Gasteiger partial charge in [-0.2, -0.15) is 0 Å². The van der Waals surface area contributed by atoms with Crippen LogP contribution in [0.3, 0.4) is 0 Å². The van der Waals surface area contributed by atoms with Crippen LogP contribution in [0.1, 0.15) is 0 Å². The highest BCUT2D eigenvalue weighted by molar-refractivity contribution is 6.34. The Morgan fingerprint density at radius 2 is 2.05 bits per heavy atom. The molecule has 0 atom stereocenters. The van der Waals surface area contributed by atoms with E-state index in [1.165, 1.54) is 0 Å². The van der Waals surface area contributed by atoms with Crippen molar-refractivity contribution in [1.82, 2.24) is 15.0 Å². The normalized spacial score (nSPS) is 10.6. The second kappa shape index (κ2) is 4.82. The topological polar surface area (TPSA) is 47.9 Å². The highest BCUT2D eigenvalue weighted by Crippen LogP contribution is 2.25. The van der Waals surface area contributed by atoms with Crippen LogP contribution in [-0.2, 0) is 0 Å². The number of hydrogen-bond donors (Lipinski definition) is 0. The zero-order valence-corrected chi connectivity index (χ0v) is 10.9. The molecule has 4 nitrogen and oxygen atoms in total. The quantitative estimate of drug-likeness (QED) is 0.671. The van der Waals surface area contributed by atoms with E-state index < -0.39 is 0 Å². The molecule has 0 saturated heterocycles. The maximum absolute atomic E-state index is 6.16. The van der Waals surface area contributed by atoms with Crippen molar-refractivity contribution in [2.45, 2.75) is 0 Å². The smallest absolute Gasteiger partial charge is 0.161 e. The molecule has 2 heterocycles. The van der Waals surface area contributed by atoms with Gasteiger partial charge >= 0.3 is 0 Å². The van der Waals surface area contributed by atoms with E-state index in [0.29, 0.717) is 11.0 Å². The summed E-state index contributed by atoms with van der Waals surface area (Å²) in [6.45, 7) is 0. The predicted molar refractivity (Wildman–Crippen MR) is 74.3 cm³/mol. The molecule has 0 saturated carbocycles. The molecule has 3 aromatic rings. The largest absolute Gasteiger partial charge is 0.497 e. The summed E-state index contributed by atoms with van der Waals surface area (Å²) in [5, 5.41) is 1.15. The molecule has 19 heavy (non-hydrogen) atoms. The van der Waals surface area contributed by atoms with Crippen LogP contribution in [-0.4, -0.2) is 22.1 Å². The van der Waals surface area contributed by atoms with E-state index in [4.69, 9.17) is 16.3 Å². The molecule has 0 N–H and O–H groups in total. The fraction of sp³-hybridized carbons (Fsp3) is 0.0714. The molecule has 5 heteroatoms. The number of benzene rings is 1. The lowest BCUT2D eigenvalue weighted by Gasteiger charge is -2.05. The van der Waals surface area contributed by atoms with Gasteiger partial charge in [-0.25, -0.2) is 9.97 Å². The number of pyridine rings is 1. The molecule has 0 aliphatic carbocycles. The minimum Gasteiger partial charge on any atom is -0.497 e. The van der Waals surface area contributed by atoms with Crippen molar-refractivity contribution in [3.63, 3.8) is 0 Å². The molecule has 94 valence electrons. The number of hydrogen-bond acceptors (Lipinski definition) is 4. The third-order valence-electron chi connectivity index (χ3n) is 2.78. The number of fused-ring (bicyclic) bond motifs is 1. The van der Waals surface area contributed by atoms with E-state index in [2.05, 4.69) is 15.0 Å². The molecule has 0 bridgehead atoms. The van der Waals surface area contributed by atoms with Crippen molar-refractivity contribution in [1.29, 1.82) is 0 Å². The SMILES string of the molecule is COc1cccc(-c2nc(Cl)c3cnccc3n2)c1. The Kier molecular flexibility index (Phi) is 3.01. The molecule has 0 fully saturated rings. The zero-order valence-electron chi connectivity index (χ0n) is 10.2.